The summed E-state index contributed by atoms with van der Waals surface area (Å²) in [4.78, 5) is 4.62. The highest BCUT2D eigenvalue weighted by Crippen LogP contribution is 2.28. The summed E-state index contributed by atoms with van der Waals surface area (Å²) in [5.41, 5.74) is 6.08. The molecule has 0 bridgehead atoms. The summed E-state index contributed by atoms with van der Waals surface area (Å²) in [6, 6.07) is 4.38. The Morgan fingerprint density at radius 1 is 1.50 bits per heavy atom. The number of methoxy groups -OCH3 is 1. The Balaban J connectivity index is 2.73. The molecule has 1 rings (SSSR count). The van der Waals surface area contributed by atoms with Gasteiger partial charge >= 0.3 is 0 Å². The number of ether oxygens (including phenoxy) is 1. The molecule has 4 nitrogen and oxygen atoms in total. The van der Waals surface area contributed by atoms with Crippen LogP contribution < -0.4 is 5.73 Å². The number of nitrogens with two attached hydrogens (primary N) is 1. The molecule has 0 aromatic carbocycles. The molecule has 0 saturated heterocycles. The summed E-state index contributed by atoms with van der Waals surface area (Å²) < 4.78 is 4.95. The van der Waals surface area contributed by atoms with E-state index in [0.29, 0.717) is 13.2 Å². The second-order valence-electron chi connectivity index (χ2n) is 4.80. The smallest absolute Gasteiger partial charge is 0.0900 e. The second-order valence-corrected chi connectivity index (χ2v) is 6.12. The van der Waals surface area contributed by atoms with Gasteiger partial charge in [0.05, 0.1) is 18.8 Å². The molecule has 0 radical (unpaired) electrons. The monoisotopic (exact) mass is 272 g/mol. The van der Waals surface area contributed by atoms with Crippen molar-refractivity contribution in [3.63, 3.8) is 0 Å². The average molecular weight is 272 g/mol. The predicted molar refractivity (Wildman–Crippen MR) is 76.0 cm³/mol. The molecule has 3 N–H and O–H groups in total. The summed E-state index contributed by atoms with van der Waals surface area (Å²) in [6.45, 7) is 4.99. The van der Waals surface area contributed by atoms with E-state index in [2.05, 4.69) is 24.0 Å². The van der Waals surface area contributed by atoms with Gasteiger partial charge in [-0.05, 0) is 33.0 Å². The topological polar surface area (TPSA) is 58.7 Å². The molecule has 0 aliphatic heterocycles. The van der Waals surface area contributed by atoms with Crippen molar-refractivity contribution in [3.05, 3.63) is 21.9 Å². The lowest BCUT2D eigenvalue weighted by molar-refractivity contribution is 0.0321. The highest BCUT2D eigenvalue weighted by atomic mass is 32.1. The van der Waals surface area contributed by atoms with Gasteiger partial charge in [-0.15, -0.1) is 11.3 Å². The molecule has 0 aliphatic rings. The van der Waals surface area contributed by atoms with Gasteiger partial charge < -0.3 is 15.6 Å². The van der Waals surface area contributed by atoms with E-state index in [9.17, 15) is 5.11 Å². The van der Waals surface area contributed by atoms with Crippen LogP contribution in [0.25, 0.3) is 0 Å². The lowest BCUT2D eigenvalue weighted by Crippen LogP contribution is -2.41. The lowest BCUT2D eigenvalue weighted by atomic mass is 10.1. The van der Waals surface area contributed by atoms with Crippen molar-refractivity contribution in [3.8, 4) is 0 Å². The molecule has 104 valence electrons. The van der Waals surface area contributed by atoms with E-state index in [-0.39, 0.29) is 12.1 Å². The van der Waals surface area contributed by atoms with Gasteiger partial charge in [0.15, 0.2) is 0 Å². The fourth-order valence-corrected chi connectivity index (χ4v) is 3.34. The second kappa shape index (κ2) is 7.21. The van der Waals surface area contributed by atoms with Crippen molar-refractivity contribution in [2.24, 2.45) is 5.73 Å². The number of aliphatic hydroxyl groups is 1. The first-order valence-corrected chi connectivity index (χ1v) is 6.96. The fourth-order valence-electron chi connectivity index (χ4n) is 2.18. The van der Waals surface area contributed by atoms with Crippen molar-refractivity contribution < 1.29 is 9.84 Å². The van der Waals surface area contributed by atoms with Crippen molar-refractivity contribution in [1.29, 1.82) is 0 Å². The molecule has 18 heavy (non-hydrogen) atoms. The van der Waals surface area contributed by atoms with Gasteiger partial charge in [0.2, 0.25) is 0 Å². The maximum Gasteiger partial charge on any atom is 0.0900 e. The highest BCUT2D eigenvalue weighted by Gasteiger charge is 2.24. The Hall–Kier alpha value is -0.460. The van der Waals surface area contributed by atoms with Crippen LogP contribution in [0.4, 0.5) is 0 Å². The van der Waals surface area contributed by atoms with Gasteiger partial charge in [0.1, 0.15) is 0 Å². The summed E-state index contributed by atoms with van der Waals surface area (Å²) in [7, 11) is 3.58. The third kappa shape index (κ3) is 4.33. The first kappa shape index (κ1) is 15.6. The van der Waals surface area contributed by atoms with E-state index in [0.717, 1.165) is 0 Å². The Labute approximate surface area is 113 Å². The molecule has 3 unspecified atom stereocenters. The van der Waals surface area contributed by atoms with Gasteiger partial charge in [0.25, 0.3) is 0 Å². The van der Waals surface area contributed by atoms with Gasteiger partial charge in [-0.25, -0.2) is 0 Å². The van der Waals surface area contributed by atoms with Gasteiger partial charge in [-0.2, -0.15) is 0 Å². The van der Waals surface area contributed by atoms with Gasteiger partial charge in [-0.1, -0.05) is 0 Å². The molecule has 3 atom stereocenters. The van der Waals surface area contributed by atoms with Crippen LogP contribution in [0.15, 0.2) is 12.1 Å². The Morgan fingerprint density at radius 2 is 2.17 bits per heavy atom. The standard InChI is InChI=1S/C13H24N2O2S/c1-9-5-6-12(18-9)13(10(2)14)15(3)7-11(16)8-17-4/h5-6,10-11,13,16H,7-8,14H2,1-4H3. The van der Waals surface area contributed by atoms with Crippen LogP contribution in [0.3, 0.4) is 0 Å². The van der Waals surface area contributed by atoms with Crippen molar-refractivity contribution >= 4 is 11.3 Å². The van der Waals surface area contributed by atoms with Crippen LogP contribution in [0, 0.1) is 6.92 Å². The molecule has 0 fully saturated rings. The van der Waals surface area contributed by atoms with Crippen molar-refractivity contribution in [2.75, 3.05) is 27.3 Å². The van der Waals surface area contributed by atoms with Crippen LogP contribution in [0.1, 0.15) is 22.7 Å². The normalized spacial score (nSPS) is 16.8. The number of rotatable bonds is 7. The number of hydrogen-bond donors (Lipinski definition) is 2. The number of aryl methyl sites for hydroxylation is 1. The predicted octanol–water partition coefficient (Wildman–Crippen LogP) is 1.38. The molecule has 5 heteroatoms. The molecule has 0 amide bonds. The van der Waals surface area contributed by atoms with Gasteiger partial charge in [-0.3, -0.25) is 4.90 Å². The third-order valence-corrected chi connectivity index (χ3v) is 3.95. The molecular formula is C13H24N2O2S. The first-order valence-electron chi connectivity index (χ1n) is 6.14. The molecule has 1 aromatic heterocycles. The van der Waals surface area contributed by atoms with Crippen LogP contribution in [0.5, 0.6) is 0 Å². The molecule has 0 saturated carbocycles. The minimum atomic E-state index is -0.484. The maximum absolute atomic E-state index is 9.80. The quantitative estimate of drug-likeness (QED) is 0.787. The Bertz CT molecular complexity index is 355. The zero-order chi connectivity index (χ0) is 13.7. The third-order valence-electron chi connectivity index (χ3n) is 2.88. The zero-order valence-electron chi connectivity index (χ0n) is 11.6. The van der Waals surface area contributed by atoms with Crippen LogP contribution >= 0.6 is 11.3 Å². The van der Waals surface area contributed by atoms with E-state index in [1.807, 2.05) is 14.0 Å². The summed E-state index contributed by atoms with van der Waals surface area (Å²) in [5.74, 6) is 0. The van der Waals surface area contributed by atoms with E-state index in [1.165, 1.54) is 9.75 Å². The molecule has 0 spiro atoms. The average Bonchev–Trinajstić information content (AvgIpc) is 2.64. The van der Waals surface area contributed by atoms with E-state index in [1.54, 1.807) is 18.4 Å². The van der Waals surface area contributed by atoms with Crippen molar-refractivity contribution in [1.82, 2.24) is 4.90 Å². The number of nitrogens with zero attached hydrogens (tertiary/aromatic N) is 1. The molecule has 1 heterocycles. The van der Waals surface area contributed by atoms with E-state index >= 15 is 0 Å². The maximum atomic E-state index is 9.80. The summed E-state index contributed by atoms with van der Waals surface area (Å²) in [5, 5.41) is 9.80. The van der Waals surface area contributed by atoms with Crippen LogP contribution in [-0.4, -0.2) is 49.5 Å². The first-order chi connectivity index (χ1) is 8.45. The molecular weight excluding hydrogens is 248 g/mol. The number of hydrogen-bond acceptors (Lipinski definition) is 5. The minimum absolute atomic E-state index is 0.0165. The SMILES string of the molecule is COCC(O)CN(C)C(c1ccc(C)s1)C(C)N. The highest BCUT2D eigenvalue weighted by molar-refractivity contribution is 7.12. The largest absolute Gasteiger partial charge is 0.389 e. The number of thiophene rings is 1. The lowest BCUT2D eigenvalue weighted by Gasteiger charge is -2.31. The minimum Gasteiger partial charge on any atom is -0.389 e. The fraction of sp³-hybridized carbons (Fsp3) is 0.692. The number of aliphatic hydroxyl groups excluding tert-OH is 1. The Morgan fingerprint density at radius 3 is 2.61 bits per heavy atom. The van der Waals surface area contributed by atoms with Crippen LogP contribution in [0.2, 0.25) is 0 Å². The van der Waals surface area contributed by atoms with Crippen molar-refractivity contribution in [2.45, 2.75) is 32.0 Å². The Kier molecular flexibility index (Phi) is 6.25. The van der Waals surface area contributed by atoms with E-state index < -0.39 is 6.10 Å². The molecule has 1 aromatic rings. The zero-order valence-corrected chi connectivity index (χ0v) is 12.4. The summed E-state index contributed by atoms with van der Waals surface area (Å²) >= 11 is 1.76. The van der Waals surface area contributed by atoms with Crippen LogP contribution in [-0.2, 0) is 4.74 Å². The molecule has 0 aliphatic carbocycles. The summed E-state index contributed by atoms with van der Waals surface area (Å²) in [6.07, 6.45) is -0.484. The van der Waals surface area contributed by atoms with Gasteiger partial charge in [0, 0.05) is 29.5 Å². The number of likely N-dealkylation sites (N-methyl/N-ethyl adjacent to an activating group) is 1. The van der Waals surface area contributed by atoms with E-state index in [4.69, 9.17) is 10.5 Å².